The average Bonchev–Trinajstić information content (AvgIpc) is 2.78. The lowest BCUT2D eigenvalue weighted by molar-refractivity contribution is -0.384. The van der Waals surface area contributed by atoms with Crippen LogP contribution in [-0.4, -0.2) is 50.6 Å². The van der Waals surface area contributed by atoms with Crippen molar-refractivity contribution in [3.8, 4) is 0 Å². The van der Waals surface area contributed by atoms with Gasteiger partial charge in [-0.2, -0.15) is 5.10 Å². The molecule has 10 heteroatoms. The molecular formula is C13H18ClFN4O4. The number of hydrogen-bond acceptors (Lipinski definition) is 5. The van der Waals surface area contributed by atoms with Crippen LogP contribution < -0.4 is 0 Å². The van der Waals surface area contributed by atoms with E-state index < -0.39 is 28.8 Å². The van der Waals surface area contributed by atoms with E-state index in [2.05, 4.69) is 5.10 Å². The standard InChI is InChI=1S/C13H18ClFN4O4/c1-13(2,3)23-12(20)17-6-8(15)4-9(7-17)18-11(14)10(5-16-18)19(21)22/h5,8-9H,4,6-7H2,1-3H3/t8-,9+/m0/s1. The molecule has 2 atom stereocenters. The molecule has 1 fully saturated rings. The van der Waals surface area contributed by atoms with Gasteiger partial charge in [-0.3, -0.25) is 10.1 Å². The number of nitro groups is 1. The van der Waals surface area contributed by atoms with Gasteiger partial charge < -0.3 is 9.64 Å². The maximum absolute atomic E-state index is 14.0. The fraction of sp³-hybridized carbons (Fsp3) is 0.692. The van der Waals surface area contributed by atoms with Gasteiger partial charge in [-0.1, -0.05) is 11.6 Å². The number of likely N-dealkylation sites (tertiary alicyclic amines) is 1. The minimum absolute atomic E-state index is 0.0673. The quantitative estimate of drug-likeness (QED) is 0.605. The number of amides is 1. The van der Waals surface area contributed by atoms with Gasteiger partial charge in [-0.15, -0.1) is 0 Å². The van der Waals surface area contributed by atoms with Crippen LogP contribution in [0.5, 0.6) is 0 Å². The van der Waals surface area contributed by atoms with E-state index in [4.69, 9.17) is 16.3 Å². The topological polar surface area (TPSA) is 90.5 Å². The van der Waals surface area contributed by atoms with E-state index in [0.29, 0.717) is 0 Å². The number of alkyl halides is 1. The van der Waals surface area contributed by atoms with Crippen molar-refractivity contribution in [2.75, 3.05) is 13.1 Å². The summed E-state index contributed by atoms with van der Waals surface area (Å²) in [7, 11) is 0. The zero-order valence-corrected chi connectivity index (χ0v) is 13.8. The number of carbonyl (C=O) groups is 1. The summed E-state index contributed by atoms with van der Waals surface area (Å²) in [6.45, 7) is 5.17. The maximum Gasteiger partial charge on any atom is 0.410 e. The number of halogens is 2. The van der Waals surface area contributed by atoms with Gasteiger partial charge in [0.25, 0.3) is 0 Å². The Balaban J connectivity index is 2.18. The first-order valence-electron chi connectivity index (χ1n) is 7.08. The summed E-state index contributed by atoms with van der Waals surface area (Å²) in [5.41, 5.74) is -1.05. The minimum Gasteiger partial charge on any atom is -0.444 e. The third-order valence-corrected chi connectivity index (χ3v) is 3.66. The van der Waals surface area contributed by atoms with Crippen molar-refractivity contribution in [1.29, 1.82) is 0 Å². The molecule has 8 nitrogen and oxygen atoms in total. The predicted molar refractivity (Wildman–Crippen MR) is 80.2 cm³/mol. The molecule has 0 aromatic carbocycles. The van der Waals surface area contributed by atoms with Crippen LogP contribution in [0.2, 0.25) is 5.15 Å². The zero-order chi connectivity index (χ0) is 17.4. The van der Waals surface area contributed by atoms with Crippen molar-refractivity contribution in [3.63, 3.8) is 0 Å². The molecule has 0 radical (unpaired) electrons. The normalized spacial score (nSPS) is 22.0. The molecule has 2 rings (SSSR count). The number of rotatable bonds is 2. The highest BCUT2D eigenvalue weighted by atomic mass is 35.5. The molecule has 1 aliphatic heterocycles. The molecule has 1 aliphatic rings. The van der Waals surface area contributed by atoms with E-state index in [1.807, 2.05) is 0 Å². The molecule has 0 saturated carbocycles. The lowest BCUT2D eigenvalue weighted by Crippen LogP contribution is -2.47. The zero-order valence-electron chi connectivity index (χ0n) is 13.0. The molecule has 1 amide bonds. The first kappa shape index (κ1) is 17.5. The van der Waals surface area contributed by atoms with Gasteiger partial charge in [0.2, 0.25) is 5.15 Å². The number of piperidine rings is 1. The Morgan fingerprint density at radius 1 is 1.52 bits per heavy atom. The Morgan fingerprint density at radius 3 is 2.70 bits per heavy atom. The molecule has 2 heterocycles. The van der Waals surface area contributed by atoms with Crippen molar-refractivity contribution in [2.24, 2.45) is 0 Å². The second-order valence-electron chi connectivity index (χ2n) is 6.39. The highest BCUT2D eigenvalue weighted by Crippen LogP contribution is 2.31. The van der Waals surface area contributed by atoms with E-state index in [9.17, 15) is 19.3 Å². The fourth-order valence-corrected chi connectivity index (χ4v) is 2.68. The number of aromatic nitrogens is 2. The molecule has 0 unspecified atom stereocenters. The van der Waals surface area contributed by atoms with Gasteiger partial charge in [-0.25, -0.2) is 13.9 Å². The summed E-state index contributed by atoms with van der Waals surface area (Å²) in [5, 5.41) is 14.5. The van der Waals surface area contributed by atoms with Gasteiger partial charge in [0.15, 0.2) is 0 Å². The summed E-state index contributed by atoms with van der Waals surface area (Å²) in [6, 6.07) is -0.590. The van der Waals surface area contributed by atoms with Gasteiger partial charge in [0.1, 0.15) is 18.0 Å². The molecule has 1 saturated heterocycles. The van der Waals surface area contributed by atoms with E-state index in [-0.39, 0.29) is 30.4 Å². The van der Waals surface area contributed by atoms with E-state index in [1.54, 1.807) is 20.8 Å². The van der Waals surface area contributed by atoms with Crippen molar-refractivity contribution >= 4 is 23.4 Å². The Hall–Kier alpha value is -1.90. The molecule has 0 spiro atoms. The summed E-state index contributed by atoms with van der Waals surface area (Å²) in [4.78, 5) is 23.5. The fourth-order valence-electron chi connectivity index (χ4n) is 2.38. The average molecular weight is 349 g/mol. The number of ether oxygens (including phenoxy) is 1. The molecule has 1 aromatic rings. The van der Waals surface area contributed by atoms with E-state index in [0.717, 1.165) is 6.20 Å². The Morgan fingerprint density at radius 2 is 2.17 bits per heavy atom. The van der Waals surface area contributed by atoms with E-state index in [1.165, 1.54) is 9.58 Å². The number of nitrogens with zero attached hydrogens (tertiary/aromatic N) is 4. The van der Waals surface area contributed by atoms with Gasteiger partial charge in [0.05, 0.1) is 17.5 Å². The first-order valence-corrected chi connectivity index (χ1v) is 7.45. The van der Waals surface area contributed by atoms with Crippen LogP contribution >= 0.6 is 11.6 Å². The van der Waals surface area contributed by atoms with Crippen molar-refractivity contribution in [3.05, 3.63) is 21.5 Å². The highest BCUT2D eigenvalue weighted by Gasteiger charge is 2.35. The Bertz CT molecular complexity index is 616. The summed E-state index contributed by atoms with van der Waals surface area (Å²) in [6.07, 6.45) is -0.844. The third kappa shape index (κ3) is 4.10. The van der Waals surface area contributed by atoms with Crippen molar-refractivity contribution in [2.45, 2.75) is 45.0 Å². The van der Waals surface area contributed by atoms with Crippen LogP contribution in [0.3, 0.4) is 0 Å². The molecule has 23 heavy (non-hydrogen) atoms. The van der Waals surface area contributed by atoms with Crippen LogP contribution in [0.4, 0.5) is 14.9 Å². The summed E-state index contributed by atoms with van der Waals surface area (Å²) < 4.78 is 20.4. The molecule has 1 aromatic heterocycles. The van der Waals surface area contributed by atoms with Crippen LogP contribution in [0, 0.1) is 10.1 Å². The molecule has 0 N–H and O–H groups in total. The SMILES string of the molecule is CC(C)(C)OC(=O)N1C[C@@H](F)C[C@@H](n2ncc([N+](=O)[O-])c2Cl)C1. The predicted octanol–water partition coefficient (Wildman–Crippen LogP) is 2.96. The van der Waals surface area contributed by atoms with Crippen molar-refractivity contribution < 1.29 is 18.8 Å². The summed E-state index contributed by atoms with van der Waals surface area (Å²) >= 11 is 5.94. The third-order valence-electron chi connectivity index (χ3n) is 3.29. The smallest absolute Gasteiger partial charge is 0.410 e. The lowest BCUT2D eigenvalue weighted by atomic mass is 10.0. The van der Waals surface area contributed by atoms with Crippen molar-refractivity contribution in [1.82, 2.24) is 14.7 Å². The summed E-state index contributed by atoms with van der Waals surface area (Å²) in [5.74, 6) is 0. The highest BCUT2D eigenvalue weighted by molar-refractivity contribution is 6.31. The van der Waals surface area contributed by atoms with Gasteiger partial charge in [0, 0.05) is 13.0 Å². The van der Waals surface area contributed by atoms with Crippen LogP contribution in [-0.2, 0) is 4.74 Å². The first-order chi connectivity index (χ1) is 10.6. The second-order valence-corrected chi connectivity index (χ2v) is 6.75. The van der Waals surface area contributed by atoms with Crippen LogP contribution in [0.15, 0.2) is 6.20 Å². The number of hydrogen-bond donors (Lipinski definition) is 0. The lowest BCUT2D eigenvalue weighted by Gasteiger charge is -2.35. The molecular weight excluding hydrogens is 331 g/mol. The van der Waals surface area contributed by atoms with Gasteiger partial charge >= 0.3 is 11.8 Å². The molecule has 128 valence electrons. The Kier molecular flexibility index (Phi) is 4.79. The van der Waals surface area contributed by atoms with E-state index >= 15 is 0 Å². The minimum atomic E-state index is -1.29. The van der Waals surface area contributed by atoms with Gasteiger partial charge in [-0.05, 0) is 20.8 Å². The maximum atomic E-state index is 14.0. The Labute approximate surface area is 137 Å². The monoisotopic (exact) mass is 348 g/mol. The van der Waals surface area contributed by atoms with Crippen LogP contribution in [0.25, 0.3) is 0 Å². The molecule has 0 bridgehead atoms. The molecule has 0 aliphatic carbocycles. The second kappa shape index (κ2) is 6.31. The largest absolute Gasteiger partial charge is 0.444 e. The number of carbonyl (C=O) groups excluding carboxylic acids is 1. The van der Waals surface area contributed by atoms with Crippen LogP contribution in [0.1, 0.15) is 33.2 Å².